The highest BCUT2D eigenvalue weighted by Crippen LogP contribution is 2.27. The second kappa shape index (κ2) is 10.6. The average molecular weight is 434 g/mol. The molecule has 2 aromatic rings. The molecular formula is C20H27N5O2S2. The number of hydrogen-bond acceptors (Lipinski definition) is 6. The number of hydrogen-bond donors (Lipinski definition) is 1. The average Bonchev–Trinajstić information content (AvgIpc) is 3.18. The van der Waals surface area contributed by atoms with Gasteiger partial charge in [0.2, 0.25) is 11.0 Å². The standard InChI is InChI=1S/C20H27N5O2S2/c1-24(2)20(27)25-12-6-11-16(14-25)17(26)21-18-22-23-19(29-18)28-13-7-10-15-8-4-3-5-9-15/h3-5,8-9,16H,6-7,10-14H2,1-2H3,(H,21,22,26). The molecule has 0 saturated carbocycles. The van der Waals surface area contributed by atoms with Gasteiger partial charge in [0.15, 0.2) is 4.34 Å². The largest absolute Gasteiger partial charge is 0.331 e. The molecule has 1 aliphatic heterocycles. The van der Waals surface area contributed by atoms with Crippen molar-refractivity contribution in [1.82, 2.24) is 20.0 Å². The molecule has 1 saturated heterocycles. The lowest BCUT2D eigenvalue weighted by Crippen LogP contribution is -2.47. The summed E-state index contributed by atoms with van der Waals surface area (Å²) in [5, 5.41) is 11.7. The molecule has 3 amide bonds. The molecule has 1 fully saturated rings. The van der Waals surface area contributed by atoms with Crippen molar-refractivity contribution in [3.05, 3.63) is 35.9 Å². The van der Waals surface area contributed by atoms with Crippen molar-refractivity contribution in [3.63, 3.8) is 0 Å². The van der Waals surface area contributed by atoms with Gasteiger partial charge in [0.1, 0.15) is 0 Å². The first-order chi connectivity index (χ1) is 14.0. The monoisotopic (exact) mass is 433 g/mol. The molecule has 2 heterocycles. The quantitative estimate of drug-likeness (QED) is 0.410. The SMILES string of the molecule is CN(C)C(=O)N1CCCC(C(=O)Nc2nnc(SCCCc3ccccc3)s2)C1. The summed E-state index contributed by atoms with van der Waals surface area (Å²) in [6, 6.07) is 10.4. The van der Waals surface area contributed by atoms with Crippen LogP contribution in [0, 0.1) is 5.92 Å². The Hall–Kier alpha value is -2.13. The van der Waals surface area contributed by atoms with E-state index >= 15 is 0 Å². The highest BCUT2D eigenvalue weighted by atomic mass is 32.2. The summed E-state index contributed by atoms with van der Waals surface area (Å²) in [4.78, 5) is 28.0. The Labute approximate surface area is 179 Å². The zero-order valence-corrected chi connectivity index (χ0v) is 18.5. The van der Waals surface area contributed by atoms with Crippen molar-refractivity contribution in [3.8, 4) is 0 Å². The fourth-order valence-corrected chi connectivity index (χ4v) is 5.02. The van der Waals surface area contributed by atoms with Gasteiger partial charge in [0, 0.05) is 32.9 Å². The lowest BCUT2D eigenvalue weighted by atomic mass is 9.97. The normalized spacial score (nSPS) is 16.5. The van der Waals surface area contributed by atoms with Crippen LogP contribution in [0.15, 0.2) is 34.7 Å². The summed E-state index contributed by atoms with van der Waals surface area (Å²) < 4.78 is 0.862. The van der Waals surface area contributed by atoms with Gasteiger partial charge < -0.3 is 15.1 Å². The first-order valence-electron chi connectivity index (χ1n) is 9.80. The molecule has 1 N–H and O–H groups in total. The zero-order valence-electron chi connectivity index (χ0n) is 16.8. The number of rotatable bonds is 7. The van der Waals surface area contributed by atoms with Crippen LogP contribution < -0.4 is 5.32 Å². The number of nitrogens with zero attached hydrogens (tertiary/aromatic N) is 4. The van der Waals surface area contributed by atoms with E-state index in [9.17, 15) is 9.59 Å². The number of urea groups is 1. The smallest absolute Gasteiger partial charge is 0.319 e. The second-order valence-electron chi connectivity index (χ2n) is 7.26. The maximum Gasteiger partial charge on any atom is 0.319 e. The summed E-state index contributed by atoms with van der Waals surface area (Å²) in [5.74, 6) is 0.665. The number of benzene rings is 1. The molecule has 1 atom stereocenters. The third-order valence-corrected chi connectivity index (χ3v) is 6.82. The number of carbonyl (C=O) groups excluding carboxylic acids is 2. The number of aromatic nitrogens is 2. The van der Waals surface area contributed by atoms with Gasteiger partial charge in [-0.2, -0.15) is 0 Å². The lowest BCUT2D eigenvalue weighted by molar-refractivity contribution is -0.121. The van der Waals surface area contributed by atoms with Crippen LogP contribution in [0.25, 0.3) is 0 Å². The highest BCUT2D eigenvalue weighted by molar-refractivity contribution is 8.01. The molecule has 9 heteroatoms. The summed E-state index contributed by atoms with van der Waals surface area (Å²) >= 11 is 3.07. The van der Waals surface area contributed by atoms with Crippen LogP contribution in [0.4, 0.5) is 9.93 Å². The van der Waals surface area contributed by atoms with Crippen LogP contribution in [0.1, 0.15) is 24.8 Å². The third kappa shape index (κ3) is 6.43. The number of anilines is 1. The van der Waals surface area contributed by atoms with E-state index in [2.05, 4.69) is 39.8 Å². The Morgan fingerprint density at radius 1 is 1.28 bits per heavy atom. The molecule has 1 aromatic carbocycles. The van der Waals surface area contributed by atoms with E-state index in [4.69, 9.17) is 0 Å². The van der Waals surface area contributed by atoms with Crippen LogP contribution in [-0.2, 0) is 11.2 Å². The minimum atomic E-state index is -0.210. The second-order valence-corrected chi connectivity index (χ2v) is 9.58. The maximum absolute atomic E-state index is 12.6. The van der Waals surface area contributed by atoms with Crippen LogP contribution in [0.5, 0.6) is 0 Å². The molecule has 29 heavy (non-hydrogen) atoms. The predicted octanol–water partition coefficient (Wildman–Crippen LogP) is 3.60. The Balaban J connectivity index is 1.43. The Kier molecular flexibility index (Phi) is 7.88. The summed E-state index contributed by atoms with van der Waals surface area (Å²) in [6.07, 6.45) is 3.72. The van der Waals surface area contributed by atoms with E-state index in [0.717, 1.165) is 35.8 Å². The van der Waals surface area contributed by atoms with Crippen molar-refractivity contribution < 1.29 is 9.59 Å². The Bertz CT molecular complexity index is 812. The van der Waals surface area contributed by atoms with Crippen molar-refractivity contribution >= 4 is 40.2 Å². The van der Waals surface area contributed by atoms with E-state index in [-0.39, 0.29) is 17.9 Å². The minimum absolute atomic E-state index is 0.0485. The van der Waals surface area contributed by atoms with Crippen LogP contribution >= 0.6 is 23.1 Å². The number of carbonyl (C=O) groups is 2. The number of nitrogens with one attached hydrogen (secondary N) is 1. The number of likely N-dealkylation sites (tertiary alicyclic amines) is 1. The summed E-state index contributed by atoms with van der Waals surface area (Å²) in [7, 11) is 3.46. The van der Waals surface area contributed by atoms with Gasteiger partial charge in [-0.15, -0.1) is 10.2 Å². The Morgan fingerprint density at radius 3 is 2.83 bits per heavy atom. The van der Waals surface area contributed by atoms with Gasteiger partial charge in [-0.3, -0.25) is 4.79 Å². The molecule has 1 aromatic heterocycles. The van der Waals surface area contributed by atoms with Gasteiger partial charge in [-0.05, 0) is 31.2 Å². The van der Waals surface area contributed by atoms with Crippen molar-refractivity contribution in [2.75, 3.05) is 38.3 Å². The maximum atomic E-state index is 12.6. The number of aryl methyl sites for hydroxylation is 1. The van der Waals surface area contributed by atoms with E-state index in [1.54, 1.807) is 35.7 Å². The van der Waals surface area contributed by atoms with Gasteiger partial charge in [0.05, 0.1) is 5.92 Å². The summed E-state index contributed by atoms with van der Waals surface area (Å²) in [6.45, 7) is 1.14. The molecule has 1 aliphatic rings. The molecule has 0 radical (unpaired) electrons. The van der Waals surface area contributed by atoms with Gasteiger partial charge in [0.25, 0.3) is 0 Å². The molecule has 0 bridgehead atoms. The van der Waals surface area contributed by atoms with Crippen molar-refractivity contribution in [2.45, 2.75) is 30.0 Å². The number of piperidine rings is 1. The van der Waals surface area contributed by atoms with E-state index < -0.39 is 0 Å². The van der Waals surface area contributed by atoms with Crippen LogP contribution in [0.2, 0.25) is 0 Å². The number of thioether (sulfide) groups is 1. The van der Waals surface area contributed by atoms with E-state index in [1.807, 2.05) is 6.07 Å². The first kappa shape index (κ1) is 21.6. The van der Waals surface area contributed by atoms with Gasteiger partial charge in [-0.1, -0.05) is 53.4 Å². The van der Waals surface area contributed by atoms with Crippen LogP contribution in [-0.4, -0.2) is 64.9 Å². The lowest BCUT2D eigenvalue weighted by Gasteiger charge is -2.33. The minimum Gasteiger partial charge on any atom is -0.331 e. The Morgan fingerprint density at radius 2 is 2.07 bits per heavy atom. The highest BCUT2D eigenvalue weighted by Gasteiger charge is 2.29. The first-order valence-corrected chi connectivity index (χ1v) is 11.6. The molecule has 0 spiro atoms. The third-order valence-electron chi connectivity index (χ3n) is 4.76. The number of amides is 3. The molecule has 1 unspecified atom stereocenters. The molecule has 7 nitrogen and oxygen atoms in total. The predicted molar refractivity (Wildman–Crippen MR) is 117 cm³/mol. The fraction of sp³-hybridized carbons (Fsp3) is 0.500. The molecular weight excluding hydrogens is 406 g/mol. The van der Waals surface area contributed by atoms with Gasteiger partial charge >= 0.3 is 6.03 Å². The molecule has 3 rings (SSSR count). The zero-order chi connectivity index (χ0) is 20.6. The van der Waals surface area contributed by atoms with Crippen molar-refractivity contribution in [1.29, 1.82) is 0 Å². The van der Waals surface area contributed by atoms with E-state index in [0.29, 0.717) is 18.2 Å². The van der Waals surface area contributed by atoms with Crippen molar-refractivity contribution in [2.24, 2.45) is 5.92 Å². The fourth-order valence-electron chi connectivity index (χ4n) is 3.25. The topological polar surface area (TPSA) is 78.4 Å². The molecule has 0 aliphatic carbocycles. The van der Waals surface area contributed by atoms with Crippen LogP contribution in [0.3, 0.4) is 0 Å². The molecule has 156 valence electrons. The van der Waals surface area contributed by atoms with Gasteiger partial charge in [-0.25, -0.2) is 4.79 Å². The summed E-state index contributed by atoms with van der Waals surface area (Å²) in [5.41, 5.74) is 1.34. The van der Waals surface area contributed by atoms with E-state index in [1.165, 1.54) is 16.9 Å².